The summed E-state index contributed by atoms with van der Waals surface area (Å²) < 4.78 is 0. The van der Waals surface area contributed by atoms with Crippen LogP contribution in [0.2, 0.25) is 0 Å². The molecule has 0 aliphatic carbocycles. The van der Waals surface area contributed by atoms with Crippen LogP contribution in [0, 0.1) is 0 Å². The Balaban J connectivity index is 1.41. The van der Waals surface area contributed by atoms with Crippen LogP contribution >= 0.6 is 0 Å². The van der Waals surface area contributed by atoms with Crippen LogP contribution in [0.1, 0.15) is 40.0 Å². The van der Waals surface area contributed by atoms with Crippen LogP contribution in [-0.4, -0.2) is 69.7 Å². The Labute approximate surface area is 180 Å². The molecular weight excluding hydrogens is 378 g/mol. The molecule has 2 saturated heterocycles. The summed E-state index contributed by atoms with van der Waals surface area (Å²) in [5.74, 6) is 0.170. The van der Waals surface area contributed by atoms with E-state index in [0.717, 1.165) is 51.4 Å². The predicted octanol–water partition coefficient (Wildman–Crippen LogP) is -0.686. The Bertz CT molecular complexity index is 707. The van der Waals surface area contributed by atoms with E-state index in [1.807, 2.05) is 32.9 Å². The second-order valence-electron chi connectivity index (χ2n) is 9.79. The minimum absolute atomic E-state index is 0.0628. The van der Waals surface area contributed by atoms with Crippen molar-refractivity contribution in [2.45, 2.75) is 45.6 Å². The van der Waals surface area contributed by atoms with Crippen molar-refractivity contribution in [2.75, 3.05) is 62.6 Å². The Morgan fingerprint density at radius 1 is 0.867 bits per heavy atom. The molecule has 1 aromatic rings. The molecule has 1 aromatic carbocycles. The average Bonchev–Trinajstić information content (AvgIpc) is 3.11. The summed E-state index contributed by atoms with van der Waals surface area (Å²) in [6.07, 6.45) is 3.56. The highest BCUT2D eigenvalue weighted by Crippen LogP contribution is 2.21. The molecule has 2 unspecified atom stereocenters. The average molecular weight is 418 g/mol. The van der Waals surface area contributed by atoms with Gasteiger partial charge in [0.05, 0.1) is 13.1 Å². The molecule has 2 amide bonds. The third-order valence-electron chi connectivity index (χ3n) is 5.85. The van der Waals surface area contributed by atoms with E-state index in [9.17, 15) is 9.59 Å². The number of nitrogens with one attached hydrogen (secondary N) is 4. The van der Waals surface area contributed by atoms with Crippen molar-refractivity contribution >= 4 is 23.2 Å². The number of rotatable bonds is 6. The molecule has 7 heteroatoms. The number of carbonyl (C=O) groups is 2. The molecular formula is C23H39N5O2+2. The molecule has 0 radical (unpaired) electrons. The second kappa shape index (κ2) is 10.3. The van der Waals surface area contributed by atoms with E-state index in [1.54, 1.807) is 0 Å². The minimum Gasteiger partial charge on any atom is -0.372 e. The first-order valence-corrected chi connectivity index (χ1v) is 11.4. The molecule has 0 spiro atoms. The number of anilines is 2. The Hall–Kier alpha value is -2.12. The molecule has 0 saturated carbocycles. The van der Waals surface area contributed by atoms with E-state index in [0.29, 0.717) is 13.1 Å². The third-order valence-corrected chi connectivity index (χ3v) is 5.85. The fourth-order valence-electron chi connectivity index (χ4n) is 4.40. The zero-order valence-electron chi connectivity index (χ0n) is 18.9. The lowest BCUT2D eigenvalue weighted by Gasteiger charge is -2.22. The topological polar surface area (TPSA) is 70.3 Å². The van der Waals surface area contributed by atoms with Gasteiger partial charge in [-0.2, -0.15) is 0 Å². The number of hydrogen-bond acceptors (Lipinski definition) is 3. The van der Waals surface area contributed by atoms with Crippen LogP contribution in [0.25, 0.3) is 0 Å². The first kappa shape index (κ1) is 22.6. The Morgan fingerprint density at radius 2 is 1.43 bits per heavy atom. The van der Waals surface area contributed by atoms with Crippen LogP contribution in [0.5, 0.6) is 0 Å². The van der Waals surface area contributed by atoms with Gasteiger partial charge in [-0.3, -0.25) is 9.59 Å². The summed E-state index contributed by atoms with van der Waals surface area (Å²) in [5.41, 5.74) is 1.91. The largest absolute Gasteiger partial charge is 0.372 e. The van der Waals surface area contributed by atoms with Crippen LogP contribution in [0.4, 0.5) is 11.4 Å². The van der Waals surface area contributed by atoms with Gasteiger partial charge in [-0.1, -0.05) is 0 Å². The summed E-state index contributed by atoms with van der Waals surface area (Å²) in [7, 11) is 0. The fourth-order valence-corrected chi connectivity index (χ4v) is 4.40. The first-order valence-electron chi connectivity index (χ1n) is 11.4. The monoisotopic (exact) mass is 417 g/mol. The Morgan fingerprint density at radius 3 is 2.00 bits per heavy atom. The van der Waals surface area contributed by atoms with Crippen molar-refractivity contribution in [3.63, 3.8) is 0 Å². The molecule has 30 heavy (non-hydrogen) atoms. The van der Waals surface area contributed by atoms with E-state index in [-0.39, 0.29) is 17.4 Å². The molecule has 4 N–H and O–H groups in total. The number of benzene rings is 1. The van der Waals surface area contributed by atoms with E-state index in [2.05, 4.69) is 27.7 Å². The van der Waals surface area contributed by atoms with Crippen LogP contribution < -0.4 is 25.3 Å². The van der Waals surface area contributed by atoms with E-state index in [1.165, 1.54) is 28.3 Å². The predicted molar refractivity (Wildman–Crippen MR) is 120 cm³/mol. The molecule has 0 aromatic heterocycles. The first-order chi connectivity index (χ1) is 14.3. The minimum atomic E-state index is -0.190. The SMILES string of the molecule is CC(C)(C)NC(=O)C[NH+]1CCC[NH+](CC(=O)Nc2ccc(N3CCCC3)cc2)CC1. The van der Waals surface area contributed by atoms with Crippen molar-refractivity contribution in [1.82, 2.24) is 5.32 Å². The van der Waals surface area contributed by atoms with Gasteiger partial charge in [0.1, 0.15) is 13.1 Å². The maximum Gasteiger partial charge on any atom is 0.279 e. The molecule has 2 aliphatic rings. The Kier molecular flexibility index (Phi) is 7.72. The van der Waals surface area contributed by atoms with E-state index < -0.39 is 0 Å². The summed E-state index contributed by atoms with van der Waals surface area (Å²) >= 11 is 0. The number of amides is 2. The molecule has 2 aliphatic heterocycles. The molecule has 0 bridgehead atoms. The van der Waals surface area contributed by atoms with Gasteiger partial charge < -0.3 is 25.3 Å². The number of nitrogens with zero attached hydrogens (tertiary/aromatic N) is 1. The van der Waals surface area contributed by atoms with Crippen molar-refractivity contribution in [3.8, 4) is 0 Å². The van der Waals surface area contributed by atoms with Crippen molar-refractivity contribution in [2.24, 2.45) is 0 Å². The molecule has 2 fully saturated rings. The van der Waals surface area contributed by atoms with Gasteiger partial charge in [-0.25, -0.2) is 0 Å². The molecule has 2 atom stereocenters. The van der Waals surface area contributed by atoms with Crippen molar-refractivity contribution in [1.29, 1.82) is 0 Å². The fraction of sp³-hybridized carbons (Fsp3) is 0.652. The van der Waals surface area contributed by atoms with Gasteiger partial charge in [-0.15, -0.1) is 0 Å². The summed E-state index contributed by atoms with van der Waals surface area (Å²) in [6.45, 7) is 13.1. The standard InChI is InChI=1S/C23H37N5O2/c1-23(2,3)25-22(30)18-27-12-6-11-26(15-16-27)17-21(29)24-19-7-9-20(10-8-19)28-13-4-5-14-28/h7-10H,4-6,11-18H2,1-3H3,(H,24,29)(H,25,30)/p+2. The maximum absolute atomic E-state index is 12.5. The molecule has 3 rings (SSSR count). The van der Waals surface area contributed by atoms with Crippen LogP contribution in [-0.2, 0) is 9.59 Å². The number of hydrogen-bond donors (Lipinski definition) is 4. The number of quaternary nitrogens is 2. The van der Waals surface area contributed by atoms with Gasteiger partial charge in [-0.05, 0) is 57.9 Å². The normalized spacial score (nSPS) is 22.4. The lowest BCUT2D eigenvalue weighted by Crippen LogP contribution is -3.18. The number of carbonyl (C=O) groups excluding carboxylic acids is 2. The van der Waals surface area contributed by atoms with Crippen LogP contribution in [0.3, 0.4) is 0 Å². The van der Waals surface area contributed by atoms with E-state index >= 15 is 0 Å². The highest BCUT2D eigenvalue weighted by Gasteiger charge is 2.25. The van der Waals surface area contributed by atoms with Gasteiger partial charge in [0, 0.05) is 36.4 Å². The highest BCUT2D eigenvalue weighted by molar-refractivity contribution is 5.91. The lowest BCUT2D eigenvalue weighted by molar-refractivity contribution is -0.930. The zero-order valence-corrected chi connectivity index (χ0v) is 18.9. The van der Waals surface area contributed by atoms with Crippen LogP contribution in [0.15, 0.2) is 24.3 Å². The zero-order chi connectivity index (χ0) is 21.6. The third kappa shape index (κ3) is 7.29. The summed E-state index contributed by atoms with van der Waals surface area (Å²) in [5, 5.41) is 6.09. The lowest BCUT2D eigenvalue weighted by atomic mass is 10.1. The highest BCUT2D eigenvalue weighted by atomic mass is 16.2. The van der Waals surface area contributed by atoms with Gasteiger partial charge in [0.2, 0.25) is 0 Å². The van der Waals surface area contributed by atoms with Crippen molar-refractivity contribution < 1.29 is 19.4 Å². The summed E-state index contributed by atoms with van der Waals surface area (Å²) in [6, 6.07) is 8.21. The second-order valence-corrected chi connectivity index (χ2v) is 9.79. The molecule has 166 valence electrons. The molecule has 7 nitrogen and oxygen atoms in total. The van der Waals surface area contributed by atoms with Crippen molar-refractivity contribution in [3.05, 3.63) is 24.3 Å². The maximum atomic E-state index is 12.5. The molecule has 2 heterocycles. The van der Waals surface area contributed by atoms with E-state index in [4.69, 9.17) is 0 Å². The summed E-state index contributed by atoms with van der Waals surface area (Å²) in [4.78, 5) is 29.7. The quantitative estimate of drug-likeness (QED) is 0.496. The van der Waals surface area contributed by atoms with Gasteiger partial charge in [0.25, 0.3) is 11.8 Å². The smallest absolute Gasteiger partial charge is 0.279 e. The van der Waals surface area contributed by atoms with Gasteiger partial charge in [0.15, 0.2) is 13.1 Å². The van der Waals surface area contributed by atoms with Gasteiger partial charge >= 0.3 is 0 Å².